The van der Waals surface area contributed by atoms with Crippen LogP contribution in [0.25, 0.3) is 0 Å². The van der Waals surface area contributed by atoms with Crippen LogP contribution in [-0.4, -0.2) is 18.3 Å². The molecular weight excluding hydrogens is 262 g/mol. The molecule has 3 N–H and O–H groups in total. The Bertz CT molecular complexity index is 382. The molecule has 0 fully saturated rings. The van der Waals surface area contributed by atoms with Crippen molar-refractivity contribution in [2.24, 2.45) is 11.7 Å². The van der Waals surface area contributed by atoms with Crippen LogP contribution in [0.3, 0.4) is 0 Å². The molecule has 0 spiro atoms. The summed E-state index contributed by atoms with van der Waals surface area (Å²) >= 11 is 0. The van der Waals surface area contributed by atoms with Crippen molar-refractivity contribution < 1.29 is 9.84 Å². The largest absolute Gasteiger partial charge is 0.496 e. The number of ether oxygens (including phenoxy) is 1. The second-order valence-corrected chi connectivity index (χ2v) is 5.29. The van der Waals surface area contributed by atoms with Crippen LogP contribution in [0.4, 0.5) is 0 Å². The first kappa shape index (κ1) is 18.2. The Balaban J connectivity index is 0.00000324. The van der Waals surface area contributed by atoms with Crippen molar-refractivity contribution in [3.63, 3.8) is 0 Å². The van der Waals surface area contributed by atoms with Crippen LogP contribution in [0.1, 0.15) is 43.9 Å². The van der Waals surface area contributed by atoms with E-state index in [1.807, 2.05) is 25.1 Å². The maximum Gasteiger partial charge on any atom is 0.121 e. The molecule has 0 aliphatic heterocycles. The third-order valence-corrected chi connectivity index (χ3v) is 3.26. The van der Waals surface area contributed by atoms with Crippen molar-refractivity contribution >= 4 is 12.4 Å². The highest BCUT2D eigenvalue weighted by molar-refractivity contribution is 5.85. The van der Waals surface area contributed by atoms with E-state index in [2.05, 4.69) is 13.8 Å². The number of aliphatic hydroxyl groups is 1. The van der Waals surface area contributed by atoms with Gasteiger partial charge < -0.3 is 15.6 Å². The summed E-state index contributed by atoms with van der Waals surface area (Å²) < 4.78 is 5.22. The van der Waals surface area contributed by atoms with Crippen molar-refractivity contribution in [2.75, 3.05) is 7.11 Å². The molecule has 0 bridgehead atoms. The fourth-order valence-corrected chi connectivity index (χ4v) is 2.01. The first-order valence-electron chi connectivity index (χ1n) is 6.54. The van der Waals surface area contributed by atoms with Gasteiger partial charge in [-0.1, -0.05) is 26.0 Å². The molecule has 0 radical (unpaired) electrons. The highest BCUT2D eigenvalue weighted by atomic mass is 35.5. The van der Waals surface area contributed by atoms with E-state index in [9.17, 15) is 5.11 Å². The van der Waals surface area contributed by atoms with E-state index in [0.717, 1.165) is 29.7 Å². The van der Waals surface area contributed by atoms with Gasteiger partial charge >= 0.3 is 0 Å². The molecule has 0 aliphatic rings. The van der Waals surface area contributed by atoms with E-state index < -0.39 is 6.10 Å². The number of rotatable bonds is 6. The predicted molar refractivity (Wildman–Crippen MR) is 82.0 cm³/mol. The fraction of sp³-hybridized carbons (Fsp3) is 0.600. The van der Waals surface area contributed by atoms with Gasteiger partial charge in [-0.05, 0) is 42.9 Å². The molecule has 0 aliphatic carbocycles. The molecule has 0 amide bonds. The van der Waals surface area contributed by atoms with Gasteiger partial charge in [-0.15, -0.1) is 12.4 Å². The Morgan fingerprint density at radius 3 is 2.37 bits per heavy atom. The Morgan fingerprint density at radius 1 is 1.26 bits per heavy atom. The molecule has 0 saturated heterocycles. The average Bonchev–Trinajstić information content (AvgIpc) is 2.34. The van der Waals surface area contributed by atoms with Crippen LogP contribution in [0.5, 0.6) is 5.75 Å². The fourth-order valence-electron chi connectivity index (χ4n) is 2.01. The van der Waals surface area contributed by atoms with Crippen LogP contribution in [0.2, 0.25) is 0 Å². The van der Waals surface area contributed by atoms with Gasteiger partial charge in [0.1, 0.15) is 5.75 Å². The number of aliphatic hydroxyl groups excluding tert-OH is 1. The minimum Gasteiger partial charge on any atom is -0.496 e. The zero-order valence-electron chi connectivity index (χ0n) is 12.2. The molecular formula is C15H26ClNO2. The van der Waals surface area contributed by atoms with Crippen molar-refractivity contribution in [3.05, 3.63) is 29.3 Å². The smallest absolute Gasteiger partial charge is 0.121 e. The normalized spacial score (nSPS) is 13.8. The summed E-state index contributed by atoms with van der Waals surface area (Å²) in [6, 6.07) is 5.49. The second kappa shape index (κ2) is 8.41. The number of hydrogen-bond acceptors (Lipinski definition) is 3. The monoisotopic (exact) mass is 287 g/mol. The van der Waals surface area contributed by atoms with Crippen molar-refractivity contribution in [1.82, 2.24) is 0 Å². The second-order valence-electron chi connectivity index (χ2n) is 5.29. The molecule has 2 atom stereocenters. The Morgan fingerprint density at radius 2 is 1.89 bits per heavy atom. The van der Waals surface area contributed by atoms with E-state index >= 15 is 0 Å². The molecule has 0 aromatic heterocycles. The zero-order valence-corrected chi connectivity index (χ0v) is 13.0. The SMILES string of the molecule is COc1ccc([C@H](N)[C@H](O)CCC(C)C)cc1C.Cl. The molecule has 110 valence electrons. The van der Waals surface area contributed by atoms with E-state index in [1.165, 1.54) is 0 Å². The first-order valence-corrected chi connectivity index (χ1v) is 6.54. The molecule has 1 aromatic rings. The summed E-state index contributed by atoms with van der Waals surface area (Å²) in [5.74, 6) is 1.44. The van der Waals surface area contributed by atoms with Gasteiger partial charge in [0.2, 0.25) is 0 Å². The Kier molecular flexibility index (Phi) is 8.07. The lowest BCUT2D eigenvalue weighted by atomic mass is 9.95. The Labute approximate surface area is 122 Å². The van der Waals surface area contributed by atoms with Crippen molar-refractivity contribution in [2.45, 2.75) is 45.8 Å². The average molecular weight is 288 g/mol. The van der Waals surface area contributed by atoms with Crippen LogP contribution in [0, 0.1) is 12.8 Å². The number of benzene rings is 1. The summed E-state index contributed by atoms with van der Waals surface area (Å²) in [6.07, 6.45) is 1.24. The van der Waals surface area contributed by atoms with Gasteiger partial charge in [-0.2, -0.15) is 0 Å². The van der Waals surface area contributed by atoms with E-state index in [4.69, 9.17) is 10.5 Å². The summed E-state index contributed by atoms with van der Waals surface area (Å²) in [4.78, 5) is 0. The van der Waals surface area contributed by atoms with Crippen LogP contribution < -0.4 is 10.5 Å². The summed E-state index contributed by atoms with van der Waals surface area (Å²) in [5.41, 5.74) is 8.10. The number of methoxy groups -OCH3 is 1. The van der Waals surface area contributed by atoms with Crippen LogP contribution in [0.15, 0.2) is 18.2 Å². The maximum atomic E-state index is 10.1. The van der Waals surface area contributed by atoms with E-state index in [1.54, 1.807) is 7.11 Å². The molecule has 1 aromatic carbocycles. The molecule has 4 heteroatoms. The standard InChI is InChI=1S/C15H25NO2.ClH/c1-10(2)5-7-13(17)15(16)12-6-8-14(18-4)11(3)9-12;/h6,8-10,13,15,17H,5,7,16H2,1-4H3;1H/t13-,15+;/m1./s1. The van der Waals surface area contributed by atoms with Gasteiger partial charge in [-0.25, -0.2) is 0 Å². The summed E-state index contributed by atoms with van der Waals surface area (Å²) in [6.45, 7) is 6.28. The van der Waals surface area contributed by atoms with Crippen molar-refractivity contribution in [3.8, 4) is 5.75 Å². The lowest BCUT2D eigenvalue weighted by molar-refractivity contribution is 0.128. The highest BCUT2D eigenvalue weighted by Crippen LogP contribution is 2.24. The van der Waals surface area contributed by atoms with Gasteiger partial charge in [0, 0.05) is 0 Å². The number of nitrogens with two attached hydrogens (primary N) is 1. The van der Waals surface area contributed by atoms with Gasteiger partial charge in [-0.3, -0.25) is 0 Å². The number of aryl methyl sites for hydroxylation is 1. The lowest BCUT2D eigenvalue weighted by Crippen LogP contribution is -2.26. The molecule has 3 nitrogen and oxygen atoms in total. The topological polar surface area (TPSA) is 55.5 Å². The molecule has 0 heterocycles. The van der Waals surface area contributed by atoms with Gasteiger partial charge in [0.25, 0.3) is 0 Å². The molecule has 0 saturated carbocycles. The van der Waals surface area contributed by atoms with Crippen molar-refractivity contribution in [1.29, 1.82) is 0 Å². The van der Waals surface area contributed by atoms with Gasteiger partial charge in [0.05, 0.1) is 19.3 Å². The van der Waals surface area contributed by atoms with Crippen LogP contribution >= 0.6 is 12.4 Å². The molecule has 19 heavy (non-hydrogen) atoms. The zero-order chi connectivity index (χ0) is 13.7. The highest BCUT2D eigenvalue weighted by Gasteiger charge is 2.17. The molecule has 0 unspecified atom stereocenters. The summed E-state index contributed by atoms with van der Waals surface area (Å²) in [5, 5.41) is 10.1. The number of halogens is 1. The first-order chi connectivity index (χ1) is 8.45. The maximum absolute atomic E-state index is 10.1. The lowest BCUT2D eigenvalue weighted by Gasteiger charge is -2.21. The minimum atomic E-state index is -0.486. The number of hydrogen-bond donors (Lipinski definition) is 2. The third-order valence-electron chi connectivity index (χ3n) is 3.26. The van der Waals surface area contributed by atoms with Gasteiger partial charge in [0.15, 0.2) is 0 Å². The summed E-state index contributed by atoms with van der Waals surface area (Å²) in [7, 11) is 1.65. The van der Waals surface area contributed by atoms with E-state index in [0.29, 0.717) is 5.92 Å². The van der Waals surface area contributed by atoms with Crippen LogP contribution in [-0.2, 0) is 0 Å². The quantitative estimate of drug-likeness (QED) is 0.845. The minimum absolute atomic E-state index is 0. The Hall–Kier alpha value is -0.770. The predicted octanol–water partition coefficient (Wildman–Crippen LogP) is 3.22. The molecule has 1 rings (SSSR count). The van der Waals surface area contributed by atoms with E-state index in [-0.39, 0.29) is 18.4 Å². The third kappa shape index (κ3) is 5.39.